The maximum Gasteiger partial charge on any atom is 0.315 e. The molecule has 0 saturated carbocycles. The number of unbranched alkanes of at least 4 members (excludes halogenated alkanes) is 6. The quantitative estimate of drug-likeness (QED) is 0.0739. The van der Waals surface area contributed by atoms with Crippen LogP contribution < -0.4 is 5.32 Å². The lowest BCUT2D eigenvalue weighted by Gasteiger charge is -2.27. The number of amides is 1. The highest BCUT2D eigenvalue weighted by Gasteiger charge is 2.35. The summed E-state index contributed by atoms with van der Waals surface area (Å²) in [6.07, 6.45) is 9.43. The molecule has 1 amide bonds. The summed E-state index contributed by atoms with van der Waals surface area (Å²) in [5.41, 5.74) is 1.43. The van der Waals surface area contributed by atoms with Gasteiger partial charge < -0.3 is 20.3 Å². The number of carboxylic acid groups (broad SMARTS) is 1. The molecule has 2 atom stereocenters. The number of aliphatic carboxylic acids is 1. The van der Waals surface area contributed by atoms with Crippen molar-refractivity contribution in [2.45, 2.75) is 101 Å². The lowest BCUT2D eigenvalue weighted by atomic mass is 9.77. The van der Waals surface area contributed by atoms with Crippen molar-refractivity contribution >= 4 is 35.3 Å². The second-order valence-corrected chi connectivity index (χ2v) is 11.6. The number of aliphatic hydroxyl groups is 1. The predicted octanol–water partition coefficient (Wildman–Crippen LogP) is 6.76. The summed E-state index contributed by atoms with van der Waals surface area (Å²) >= 11 is 1.42. The van der Waals surface area contributed by atoms with Crippen LogP contribution in [-0.4, -0.2) is 47.0 Å². The number of aryl methyl sites for hydroxylation is 1. The summed E-state index contributed by atoms with van der Waals surface area (Å²) in [7, 11) is 1.23. The summed E-state index contributed by atoms with van der Waals surface area (Å²) in [4.78, 5) is 36.3. The molecular weight excluding hydrogens is 526 g/mol. The highest BCUT2D eigenvalue weighted by Crippen LogP contribution is 2.32. The van der Waals surface area contributed by atoms with Gasteiger partial charge >= 0.3 is 11.9 Å². The minimum atomic E-state index is -1.09. The average Bonchev–Trinajstić information content (AvgIpc) is 2.94. The molecule has 0 aliphatic heterocycles. The Morgan fingerprint density at radius 3 is 2.33 bits per heavy atom. The Bertz CT molecular complexity index is 1070. The van der Waals surface area contributed by atoms with E-state index in [-0.39, 0.29) is 6.42 Å². The van der Waals surface area contributed by atoms with Gasteiger partial charge in [-0.15, -0.1) is 11.8 Å². The van der Waals surface area contributed by atoms with Gasteiger partial charge in [0.05, 0.1) is 18.6 Å². The maximum absolute atomic E-state index is 12.3. The van der Waals surface area contributed by atoms with Crippen LogP contribution in [0.15, 0.2) is 53.4 Å². The van der Waals surface area contributed by atoms with E-state index < -0.39 is 29.4 Å². The van der Waals surface area contributed by atoms with Crippen LogP contribution in [0, 0.1) is 0 Å². The molecule has 8 heteroatoms. The smallest absolute Gasteiger partial charge is 0.315 e. The molecule has 2 rings (SSSR count). The average molecular weight is 572 g/mol. The standard InChI is InChI=1S/C32H45NO6S/c1-4-5-6-7-8-9-10-12-24-15-17-25(18-16-24)32(2,31(37)38)20-19-27(34)23-40-28-14-11-13-26(21-28)33-29(35)22-30(36)39-3/h11,13-18,21,27,34H,4-10,12,19-20,22-23H2,1-3H3,(H,33,35)(H,37,38). The van der Waals surface area contributed by atoms with Crippen LogP contribution in [0.25, 0.3) is 0 Å². The van der Waals surface area contributed by atoms with Gasteiger partial charge in [0.15, 0.2) is 0 Å². The number of thioether (sulfide) groups is 1. The number of methoxy groups -OCH3 is 1. The zero-order valence-corrected chi connectivity index (χ0v) is 24.9. The van der Waals surface area contributed by atoms with Crippen molar-refractivity contribution in [2.24, 2.45) is 0 Å². The highest BCUT2D eigenvalue weighted by molar-refractivity contribution is 7.99. The number of carboxylic acids is 1. The van der Waals surface area contributed by atoms with Gasteiger partial charge in [0, 0.05) is 16.3 Å². The van der Waals surface area contributed by atoms with Crippen LogP contribution in [0.5, 0.6) is 0 Å². The van der Waals surface area contributed by atoms with E-state index >= 15 is 0 Å². The molecule has 220 valence electrons. The van der Waals surface area contributed by atoms with E-state index in [0.29, 0.717) is 24.3 Å². The number of carbonyl (C=O) groups excluding carboxylic acids is 2. The van der Waals surface area contributed by atoms with E-state index in [1.807, 2.05) is 30.3 Å². The Labute approximate surface area is 243 Å². The van der Waals surface area contributed by atoms with Gasteiger partial charge in [-0.3, -0.25) is 14.4 Å². The molecule has 0 radical (unpaired) electrons. The molecule has 0 aromatic heterocycles. The van der Waals surface area contributed by atoms with Crippen LogP contribution in [0.3, 0.4) is 0 Å². The lowest BCUT2D eigenvalue weighted by molar-refractivity contribution is -0.144. The van der Waals surface area contributed by atoms with Crippen molar-refractivity contribution in [3.63, 3.8) is 0 Å². The summed E-state index contributed by atoms with van der Waals surface area (Å²) in [6, 6.07) is 15.0. The molecular formula is C32H45NO6S. The molecule has 2 aromatic rings. The monoisotopic (exact) mass is 571 g/mol. The van der Waals surface area contributed by atoms with E-state index in [2.05, 4.69) is 17.0 Å². The fraction of sp³-hybridized carbons (Fsp3) is 0.531. The maximum atomic E-state index is 12.3. The van der Waals surface area contributed by atoms with Crippen LogP contribution in [0.2, 0.25) is 0 Å². The molecule has 0 spiro atoms. The molecule has 3 N–H and O–H groups in total. The SMILES string of the molecule is CCCCCCCCCc1ccc(C(C)(CCC(O)CSc2cccc(NC(=O)CC(=O)OC)c2)C(=O)O)cc1. The first-order chi connectivity index (χ1) is 19.2. The van der Waals surface area contributed by atoms with Gasteiger partial charge in [-0.1, -0.05) is 75.8 Å². The molecule has 0 bridgehead atoms. The number of nitrogens with one attached hydrogen (secondary N) is 1. The first-order valence-electron chi connectivity index (χ1n) is 14.3. The minimum Gasteiger partial charge on any atom is -0.481 e. The van der Waals surface area contributed by atoms with Crippen LogP contribution in [0.4, 0.5) is 5.69 Å². The molecule has 2 unspecified atom stereocenters. The zero-order chi connectivity index (χ0) is 29.4. The largest absolute Gasteiger partial charge is 0.481 e. The van der Waals surface area contributed by atoms with Crippen LogP contribution in [-0.2, 0) is 31.0 Å². The summed E-state index contributed by atoms with van der Waals surface area (Å²) < 4.78 is 4.50. The normalized spacial score (nSPS) is 13.3. The number of hydrogen-bond acceptors (Lipinski definition) is 6. The number of aliphatic hydroxyl groups excluding tert-OH is 1. The van der Waals surface area contributed by atoms with E-state index in [9.17, 15) is 24.6 Å². The number of anilines is 1. The summed E-state index contributed by atoms with van der Waals surface area (Å²) in [5.74, 6) is -1.60. The summed E-state index contributed by atoms with van der Waals surface area (Å²) in [5, 5.41) is 23.4. The minimum absolute atomic E-state index is 0.310. The van der Waals surface area contributed by atoms with E-state index in [1.54, 1.807) is 25.1 Å². The number of benzene rings is 2. The Morgan fingerprint density at radius 2 is 1.68 bits per heavy atom. The van der Waals surface area contributed by atoms with Crippen molar-refractivity contribution in [1.82, 2.24) is 0 Å². The Balaban J connectivity index is 1.84. The van der Waals surface area contributed by atoms with Crippen LogP contribution >= 0.6 is 11.8 Å². The van der Waals surface area contributed by atoms with Gasteiger partial charge in [-0.05, 0) is 61.9 Å². The molecule has 7 nitrogen and oxygen atoms in total. The van der Waals surface area contributed by atoms with Gasteiger partial charge in [-0.25, -0.2) is 0 Å². The number of esters is 1. The first kappa shape index (κ1) is 33.4. The van der Waals surface area contributed by atoms with Crippen LogP contribution in [0.1, 0.15) is 89.2 Å². The molecule has 2 aromatic carbocycles. The molecule has 0 aliphatic carbocycles. The molecule has 0 fully saturated rings. The van der Waals surface area contributed by atoms with Gasteiger partial charge in [-0.2, -0.15) is 0 Å². The molecule has 0 heterocycles. The van der Waals surface area contributed by atoms with E-state index in [0.717, 1.165) is 23.3 Å². The molecule has 0 saturated heterocycles. The van der Waals surface area contributed by atoms with Crippen molar-refractivity contribution in [2.75, 3.05) is 18.2 Å². The molecule has 0 aliphatic rings. The number of carbonyl (C=O) groups is 3. The Morgan fingerprint density at radius 1 is 1.00 bits per heavy atom. The van der Waals surface area contributed by atoms with E-state index in [4.69, 9.17) is 0 Å². The summed E-state index contributed by atoms with van der Waals surface area (Å²) in [6.45, 7) is 3.95. The van der Waals surface area contributed by atoms with Crippen molar-refractivity contribution in [3.05, 3.63) is 59.7 Å². The second kappa shape index (κ2) is 17.8. The van der Waals surface area contributed by atoms with Gasteiger partial charge in [0.25, 0.3) is 0 Å². The Hall–Kier alpha value is -2.84. The number of hydrogen-bond donors (Lipinski definition) is 3. The molecule has 40 heavy (non-hydrogen) atoms. The zero-order valence-electron chi connectivity index (χ0n) is 24.1. The third-order valence-electron chi connectivity index (χ3n) is 7.20. The first-order valence-corrected chi connectivity index (χ1v) is 15.3. The second-order valence-electron chi connectivity index (χ2n) is 10.5. The third kappa shape index (κ3) is 11.7. The van der Waals surface area contributed by atoms with E-state index in [1.165, 1.54) is 63.0 Å². The third-order valence-corrected chi connectivity index (χ3v) is 8.34. The van der Waals surface area contributed by atoms with Gasteiger partial charge in [0.1, 0.15) is 6.42 Å². The van der Waals surface area contributed by atoms with Crippen molar-refractivity contribution in [1.29, 1.82) is 0 Å². The fourth-order valence-corrected chi connectivity index (χ4v) is 5.44. The lowest BCUT2D eigenvalue weighted by Crippen LogP contribution is -2.33. The van der Waals surface area contributed by atoms with Crippen molar-refractivity contribution in [3.8, 4) is 0 Å². The Kier molecular flexibility index (Phi) is 14.8. The number of ether oxygens (including phenoxy) is 1. The van der Waals surface area contributed by atoms with Gasteiger partial charge in [0.2, 0.25) is 5.91 Å². The number of rotatable bonds is 19. The topological polar surface area (TPSA) is 113 Å². The fourth-order valence-electron chi connectivity index (χ4n) is 4.50. The predicted molar refractivity (Wildman–Crippen MR) is 161 cm³/mol. The van der Waals surface area contributed by atoms with Crippen molar-refractivity contribution < 1.29 is 29.3 Å². The highest BCUT2D eigenvalue weighted by atomic mass is 32.2.